The van der Waals surface area contributed by atoms with Gasteiger partial charge in [-0.1, -0.05) is 0 Å². The monoisotopic (exact) mass is 196 g/mol. The molecular weight excluding hydrogens is 190 g/mol. The summed E-state index contributed by atoms with van der Waals surface area (Å²) in [7, 11) is 0. The highest BCUT2D eigenvalue weighted by Gasteiger charge is 2.34. The number of nitrogens with zero attached hydrogens (tertiary/aromatic N) is 1. The first-order chi connectivity index (χ1) is 6.19. The molecule has 2 atom stereocenters. The van der Waals surface area contributed by atoms with Crippen molar-refractivity contribution in [3.05, 3.63) is 0 Å². The number of halogens is 2. The summed E-state index contributed by atoms with van der Waals surface area (Å²) in [5.74, 6) is -0.669. The second-order valence-electron chi connectivity index (χ2n) is 2.15. The van der Waals surface area contributed by atoms with E-state index in [1.54, 1.807) is 0 Å². The molecule has 1 aliphatic heterocycles. The summed E-state index contributed by atoms with van der Waals surface area (Å²) in [5, 5.41) is 17.5. The molecule has 2 unspecified atom stereocenters. The predicted octanol–water partition coefficient (Wildman–Crippen LogP) is -0.843. The maximum atomic E-state index is 13.0. The third-order valence-corrected chi connectivity index (χ3v) is 1.35. The molecule has 1 aliphatic rings. The fourth-order valence-electron chi connectivity index (χ4n) is 0.802. The van der Waals surface area contributed by atoms with Crippen LogP contribution in [0.1, 0.15) is 0 Å². The Balaban J connectivity index is 2.74. The van der Waals surface area contributed by atoms with Crippen LogP contribution in [0.4, 0.5) is 13.7 Å². The number of carbonyl (C=O) groups excluding carboxylic acids is 1. The van der Waals surface area contributed by atoms with E-state index in [0.717, 1.165) is 0 Å². The Morgan fingerprint density at radius 1 is 1.69 bits per heavy atom. The van der Waals surface area contributed by atoms with Crippen molar-refractivity contribution in [1.82, 2.24) is 16.1 Å². The predicted molar refractivity (Wildman–Crippen MR) is 34.9 cm³/mol. The fourth-order valence-corrected chi connectivity index (χ4v) is 0.802. The molecule has 0 aromatic rings. The largest absolute Gasteiger partial charge is 0.321 e. The van der Waals surface area contributed by atoms with Gasteiger partial charge in [0.25, 0.3) is 0 Å². The molecule has 1 heterocycles. The summed E-state index contributed by atoms with van der Waals surface area (Å²) in [6.45, 7) is 0. The highest BCUT2D eigenvalue weighted by Crippen LogP contribution is 2.03. The lowest BCUT2D eigenvalue weighted by molar-refractivity contribution is -0.132. The zero-order valence-corrected chi connectivity index (χ0v) is 6.12. The van der Waals surface area contributed by atoms with Crippen molar-refractivity contribution >= 4 is 11.9 Å². The van der Waals surface area contributed by atoms with E-state index in [-0.39, 0.29) is 0 Å². The summed E-state index contributed by atoms with van der Waals surface area (Å²) in [6.07, 6.45) is -3.32. The van der Waals surface area contributed by atoms with E-state index in [0.29, 0.717) is 0 Å². The van der Waals surface area contributed by atoms with Gasteiger partial charge in [0.2, 0.25) is 0 Å². The van der Waals surface area contributed by atoms with Gasteiger partial charge in [-0.25, -0.2) is 9.18 Å². The van der Waals surface area contributed by atoms with Crippen LogP contribution in [0, 0.1) is 0 Å². The number of urea groups is 1. The minimum absolute atomic E-state index is 0.669. The van der Waals surface area contributed by atoms with Gasteiger partial charge in [-0.3, -0.25) is 5.32 Å². The number of nitrogens with one attached hydrogen (secondary N) is 3. The Kier molecular flexibility index (Phi) is 2.93. The SMILES string of the molecule is O=C1N/C(=N/OF)C(F)C(NO)N1. The Morgan fingerprint density at radius 2 is 2.38 bits per heavy atom. The van der Waals surface area contributed by atoms with E-state index in [1.807, 2.05) is 10.6 Å². The molecule has 2 amide bonds. The smallest absolute Gasteiger partial charge is 0.317 e. The first kappa shape index (κ1) is 9.61. The summed E-state index contributed by atoms with van der Waals surface area (Å²) >= 11 is 0. The standard InChI is InChI=1S/C4H6F2N4O3/c5-1-2(9-12)7-4(11)8-3(1)10-13-6/h1-2,9,12H,(H2,7,8,10,11). The van der Waals surface area contributed by atoms with E-state index in [4.69, 9.17) is 5.21 Å². The third-order valence-electron chi connectivity index (χ3n) is 1.35. The quantitative estimate of drug-likeness (QED) is 0.433. The summed E-state index contributed by atoms with van der Waals surface area (Å²) < 4.78 is 24.2. The minimum atomic E-state index is -1.93. The summed E-state index contributed by atoms with van der Waals surface area (Å²) in [6, 6.07) is -0.837. The highest BCUT2D eigenvalue weighted by atomic mass is 19.3. The Bertz CT molecular complexity index is 235. The summed E-state index contributed by atoms with van der Waals surface area (Å²) in [4.78, 5) is 10.7. The minimum Gasteiger partial charge on any atom is -0.317 e. The molecular formula is C4H6F2N4O3. The molecule has 1 saturated heterocycles. The van der Waals surface area contributed by atoms with Gasteiger partial charge in [0, 0.05) is 4.53 Å². The highest BCUT2D eigenvalue weighted by molar-refractivity contribution is 6.02. The van der Waals surface area contributed by atoms with Crippen LogP contribution in [0.2, 0.25) is 0 Å². The molecule has 0 radical (unpaired) electrons. The maximum Gasteiger partial charge on any atom is 0.321 e. The second kappa shape index (κ2) is 3.96. The molecule has 0 aromatic carbocycles. The molecule has 0 aromatic heterocycles. The van der Waals surface area contributed by atoms with E-state index < -0.39 is 24.2 Å². The van der Waals surface area contributed by atoms with Crippen molar-refractivity contribution in [3.63, 3.8) is 0 Å². The van der Waals surface area contributed by atoms with Gasteiger partial charge in [0.15, 0.2) is 12.0 Å². The number of amidine groups is 1. The fraction of sp³-hybridized carbons (Fsp3) is 0.500. The van der Waals surface area contributed by atoms with Gasteiger partial charge in [-0.15, -0.1) is 0 Å². The van der Waals surface area contributed by atoms with Crippen LogP contribution in [-0.2, 0) is 5.04 Å². The zero-order chi connectivity index (χ0) is 9.84. The number of alkyl halides is 1. The van der Waals surface area contributed by atoms with Gasteiger partial charge < -0.3 is 10.5 Å². The summed E-state index contributed by atoms with van der Waals surface area (Å²) in [5.41, 5.74) is 1.47. The van der Waals surface area contributed by atoms with E-state index in [2.05, 4.69) is 10.2 Å². The molecule has 0 spiro atoms. The van der Waals surface area contributed by atoms with Crippen LogP contribution in [-0.4, -0.2) is 29.4 Å². The van der Waals surface area contributed by atoms with Crippen LogP contribution in [0.5, 0.6) is 0 Å². The van der Waals surface area contributed by atoms with Gasteiger partial charge in [0.1, 0.15) is 6.17 Å². The van der Waals surface area contributed by atoms with Crippen LogP contribution >= 0.6 is 0 Å². The Morgan fingerprint density at radius 3 is 2.92 bits per heavy atom. The van der Waals surface area contributed by atoms with Gasteiger partial charge in [-0.2, -0.15) is 10.5 Å². The van der Waals surface area contributed by atoms with E-state index in [9.17, 15) is 13.7 Å². The number of rotatable bonds is 2. The van der Waals surface area contributed by atoms with Crippen molar-refractivity contribution in [2.45, 2.75) is 12.3 Å². The van der Waals surface area contributed by atoms with Gasteiger partial charge in [-0.05, 0) is 5.16 Å². The molecule has 4 N–H and O–H groups in total. The number of hydrogen-bond donors (Lipinski definition) is 4. The molecule has 1 fully saturated rings. The third kappa shape index (κ3) is 2.00. The lowest BCUT2D eigenvalue weighted by Gasteiger charge is -2.26. The molecule has 0 saturated carbocycles. The number of oxime groups is 1. The average molecular weight is 196 g/mol. The number of amides is 2. The van der Waals surface area contributed by atoms with Crippen LogP contribution < -0.4 is 16.1 Å². The molecule has 7 nitrogen and oxygen atoms in total. The maximum absolute atomic E-state index is 13.0. The van der Waals surface area contributed by atoms with Crippen LogP contribution in [0.3, 0.4) is 0 Å². The van der Waals surface area contributed by atoms with Crippen molar-refractivity contribution in [1.29, 1.82) is 0 Å². The first-order valence-electron chi connectivity index (χ1n) is 3.16. The van der Waals surface area contributed by atoms with Crippen molar-refractivity contribution in [2.24, 2.45) is 5.16 Å². The average Bonchev–Trinajstić information content (AvgIpc) is 2.11. The molecule has 13 heavy (non-hydrogen) atoms. The number of hydroxylamine groups is 1. The Labute approximate surface area is 70.6 Å². The van der Waals surface area contributed by atoms with Crippen molar-refractivity contribution < 1.29 is 24.0 Å². The van der Waals surface area contributed by atoms with Crippen molar-refractivity contribution in [2.75, 3.05) is 0 Å². The zero-order valence-electron chi connectivity index (χ0n) is 6.12. The van der Waals surface area contributed by atoms with Crippen molar-refractivity contribution in [3.8, 4) is 0 Å². The topological polar surface area (TPSA) is 95.0 Å². The van der Waals surface area contributed by atoms with Crippen LogP contribution in [0.25, 0.3) is 0 Å². The van der Waals surface area contributed by atoms with Gasteiger partial charge >= 0.3 is 6.03 Å². The van der Waals surface area contributed by atoms with E-state index in [1.165, 1.54) is 5.48 Å². The Hall–Kier alpha value is -1.48. The number of hydrogen-bond acceptors (Lipinski definition) is 5. The molecule has 74 valence electrons. The number of carbonyl (C=O) groups is 1. The molecule has 0 aliphatic carbocycles. The van der Waals surface area contributed by atoms with Crippen LogP contribution in [0.15, 0.2) is 5.16 Å². The van der Waals surface area contributed by atoms with Gasteiger partial charge in [0.05, 0.1) is 0 Å². The first-order valence-corrected chi connectivity index (χ1v) is 3.16. The normalized spacial score (nSPS) is 31.0. The van der Waals surface area contributed by atoms with E-state index >= 15 is 0 Å². The lowest BCUT2D eigenvalue weighted by atomic mass is 10.2. The molecule has 9 heteroatoms. The second-order valence-corrected chi connectivity index (χ2v) is 2.15. The molecule has 0 bridgehead atoms. The lowest BCUT2D eigenvalue weighted by Crippen LogP contribution is -2.64. The molecule has 1 rings (SSSR count).